The minimum atomic E-state index is -0.505. The Morgan fingerprint density at radius 3 is 2.19 bits per heavy atom. The molecule has 150 valence electrons. The van der Waals surface area contributed by atoms with E-state index < -0.39 is 5.97 Å². The Hall–Kier alpha value is -2.27. The molecule has 27 heavy (non-hydrogen) atoms. The van der Waals surface area contributed by atoms with Crippen molar-refractivity contribution in [2.45, 2.75) is 45.8 Å². The molecule has 0 aromatic rings. The van der Waals surface area contributed by atoms with E-state index in [9.17, 15) is 4.79 Å². The van der Waals surface area contributed by atoms with Crippen LogP contribution in [0.4, 0.5) is 0 Å². The number of esters is 1. The molecule has 1 heterocycles. The van der Waals surface area contributed by atoms with E-state index in [4.69, 9.17) is 14.2 Å². The first-order valence-electron chi connectivity index (χ1n) is 8.95. The number of methoxy groups -OCH3 is 3. The Morgan fingerprint density at radius 1 is 1.11 bits per heavy atom. The van der Waals surface area contributed by atoms with Crippen LogP contribution < -0.4 is 0 Å². The van der Waals surface area contributed by atoms with Gasteiger partial charge >= 0.3 is 5.97 Å². The SMILES string of the molecule is C=C[C@@H]1O[C@@]1(C)CC(C)/C(C)=C/C=C(C)\C=C(OC)\C(=C\C(=O)OC)OC. The van der Waals surface area contributed by atoms with Crippen LogP contribution in [0.3, 0.4) is 0 Å². The van der Waals surface area contributed by atoms with E-state index in [0.29, 0.717) is 17.4 Å². The lowest BCUT2D eigenvalue weighted by atomic mass is 9.89. The second-order valence-electron chi connectivity index (χ2n) is 6.96. The van der Waals surface area contributed by atoms with E-state index >= 15 is 0 Å². The normalized spacial score (nSPS) is 24.9. The van der Waals surface area contributed by atoms with Crippen LogP contribution in [-0.4, -0.2) is 39.0 Å². The lowest BCUT2D eigenvalue weighted by Crippen LogP contribution is -2.14. The van der Waals surface area contributed by atoms with Crippen molar-refractivity contribution >= 4 is 5.97 Å². The van der Waals surface area contributed by atoms with Crippen LogP contribution >= 0.6 is 0 Å². The molecule has 1 rings (SSSR count). The molecule has 1 fully saturated rings. The number of epoxide rings is 1. The summed E-state index contributed by atoms with van der Waals surface area (Å²) in [5.41, 5.74) is 2.13. The molecule has 3 atom stereocenters. The zero-order valence-corrected chi connectivity index (χ0v) is 17.5. The summed E-state index contributed by atoms with van der Waals surface area (Å²) in [6, 6.07) is 0. The monoisotopic (exact) mass is 376 g/mol. The molecule has 5 nitrogen and oxygen atoms in total. The highest BCUT2D eigenvalue weighted by Gasteiger charge is 2.50. The van der Waals surface area contributed by atoms with E-state index in [-0.39, 0.29) is 11.7 Å². The van der Waals surface area contributed by atoms with Crippen molar-refractivity contribution in [1.82, 2.24) is 0 Å². The number of allylic oxidation sites excluding steroid dienone is 5. The van der Waals surface area contributed by atoms with Crippen molar-refractivity contribution in [3.63, 3.8) is 0 Å². The Bertz CT molecular complexity index is 668. The summed E-state index contributed by atoms with van der Waals surface area (Å²) in [4.78, 5) is 11.4. The smallest absolute Gasteiger partial charge is 0.334 e. The molecular formula is C22H32O5. The van der Waals surface area contributed by atoms with Crippen molar-refractivity contribution in [3.05, 3.63) is 59.6 Å². The van der Waals surface area contributed by atoms with Gasteiger partial charge in [-0.25, -0.2) is 4.79 Å². The average molecular weight is 376 g/mol. The first kappa shape index (κ1) is 22.8. The molecular weight excluding hydrogens is 344 g/mol. The molecule has 5 heteroatoms. The van der Waals surface area contributed by atoms with Gasteiger partial charge in [0.25, 0.3) is 0 Å². The predicted molar refractivity (Wildman–Crippen MR) is 107 cm³/mol. The fraction of sp³-hybridized carbons (Fsp3) is 0.500. The zero-order valence-electron chi connectivity index (χ0n) is 17.5. The molecule has 0 aromatic heterocycles. The van der Waals surface area contributed by atoms with Crippen LogP contribution in [0.2, 0.25) is 0 Å². The summed E-state index contributed by atoms with van der Waals surface area (Å²) in [7, 11) is 4.31. The van der Waals surface area contributed by atoms with Gasteiger partial charge < -0.3 is 18.9 Å². The topological polar surface area (TPSA) is 57.3 Å². The lowest BCUT2D eigenvalue weighted by molar-refractivity contribution is -0.135. The fourth-order valence-corrected chi connectivity index (χ4v) is 2.80. The van der Waals surface area contributed by atoms with Gasteiger partial charge in [0.05, 0.1) is 33.0 Å². The van der Waals surface area contributed by atoms with Crippen molar-refractivity contribution in [2.75, 3.05) is 21.3 Å². The number of hydrogen-bond acceptors (Lipinski definition) is 5. The van der Waals surface area contributed by atoms with Crippen molar-refractivity contribution in [1.29, 1.82) is 0 Å². The number of hydrogen-bond donors (Lipinski definition) is 0. The van der Waals surface area contributed by atoms with E-state index in [0.717, 1.165) is 12.0 Å². The Balaban J connectivity index is 2.87. The molecule has 0 amide bonds. The van der Waals surface area contributed by atoms with Crippen LogP contribution in [0.5, 0.6) is 0 Å². The zero-order chi connectivity index (χ0) is 20.6. The van der Waals surface area contributed by atoms with Gasteiger partial charge in [0.1, 0.15) is 6.10 Å². The summed E-state index contributed by atoms with van der Waals surface area (Å²) in [5.74, 6) is 0.641. The summed E-state index contributed by atoms with van der Waals surface area (Å²) >= 11 is 0. The molecule has 0 aliphatic carbocycles. The number of carbonyl (C=O) groups is 1. The first-order chi connectivity index (χ1) is 12.7. The lowest BCUT2D eigenvalue weighted by Gasteiger charge is -2.15. The molecule has 1 unspecified atom stereocenters. The van der Waals surface area contributed by atoms with Crippen molar-refractivity contribution in [2.24, 2.45) is 5.92 Å². The minimum absolute atomic E-state index is 0.0931. The number of rotatable bonds is 10. The van der Waals surface area contributed by atoms with Crippen LogP contribution in [0, 0.1) is 5.92 Å². The van der Waals surface area contributed by atoms with E-state index in [1.54, 1.807) is 0 Å². The van der Waals surface area contributed by atoms with Crippen molar-refractivity contribution in [3.8, 4) is 0 Å². The molecule has 0 aromatic carbocycles. The molecule has 0 N–H and O–H groups in total. The second-order valence-corrected chi connectivity index (χ2v) is 6.96. The van der Waals surface area contributed by atoms with Gasteiger partial charge in [0, 0.05) is 0 Å². The number of carbonyl (C=O) groups excluding carboxylic acids is 1. The summed E-state index contributed by atoms with van der Waals surface area (Å²) in [6.45, 7) is 12.2. The molecule has 0 saturated carbocycles. The molecule has 1 aliphatic rings. The Labute approximate surface area is 163 Å². The van der Waals surface area contributed by atoms with Crippen molar-refractivity contribution < 1.29 is 23.7 Å². The summed E-state index contributed by atoms with van der Waals surface area (Å²) in [5, 5.41) is 0. The van der Waals surface area contributed by atoms with Gasteiger partial charge in [-0.1, -0.05) is 30.7 Å². The average Bonchev–Trinajstić information content (AvgIpc) is 3.31. The standard InChI is InChI=1S/C22H32O5/c1-9-20-22(5,27-20)14-17(4)16(3)11-10-15(2)12-18(24-6)19(25-7)13-21(23)26-8/h9-13,17,20H,1,14H2,2-8H3/b15-10-,16-11+,18-12-,19-13-/t17?,20-,22-/m0/s1. The third kappa shape index (κ3) is 6.75. The van der Waals surface area contributed by atoms with E-state index in [1.165, 1.54) is 33.0 Å². The third-order valence-electron chi connectivity index (χ3n) is 4.74. The first-order valence-corrected chi connectivity index (χ1v) is 8.95. The largest absolute Gasteiger partial charge is 0.493 e. The highest BCUT2D eigenvalue weighted by atomic mass is 16.6. The Kier molecular flexibility index (Phi) is 8.57. The van der Waals surface area contributed by atoms with Gasteiger partial charge in [-0.05, 0) is 44.8 Å². The third-order valence-corrected chi connectivity index (χ3v) is 4.74. The van der Waals surface area contributed by atoms with Crippen LogP contribution in [-0.2, 0) is 23.7 Å². The van der Waals surface area contributed by atoms with E-state index in [1.807, 2.05) is 25.2 Å². The number of ether oxygens (including phenoxy) is 4. The van der Waals surface area contributed by atoms with Gasteiger partial charge in [-0.2, -0.15) is 0 Å². The second kappa shape index (κ2) is 10.2. The molecule has 1 aliphatic heterocycles. The molecule has 0 radical (unpaired) electrons. The summed E-state index contributed by atoms with van der Waals surface area (Å²) < 4.78 is 20.9. The maximum atomic E-state index is 11.4. The van der Waals surface area contributed by atoms with E-state index in [2.05, 4.69) is 38.2 Å². The fourth-order valence-electron chi connectivity index (χ4n) is 2.80. The van der Waals surface area contributed by atoms with Gasteiger partial charge in [-0.3, -0.25) is 0 Å². The molecule has 0 bridgehead atoms. The maximum Gasteiger partial charge on any atom is 0.334 e. The van der Waals surface area contributed by atoms with Crippen LogP contribution in [0.25, 0.3) is 0 Å². The van der Waals surface area contributed by atoms with Crippen LogP contribution in [0.15, 0.2) is 59.6 Å². The molecule has 0 spiro atoms. The Morgan fingerprint density at radius 2 is 1.70 bits per heavy atom. The van der Waals surface area contributed by atoms with Gasteiger partial charge in [-0.15, -0.1) is 6.58 Å². The highest BCUT2D eigenvalue weighted by Crippen LogP contribution is 2.43. The highest BCUT2D eigenvalue weighted by molar-refractivity contribution is 5.83. The van der Waals surface area contributed by atoms with Gasteiger partial charge in [0.2, 0.25) is 0 Å². The predicted octanol–water partition coefficient (Wildman–Crippen LogP) is 4.48. The maximum absolute atomic E-state index is 11.4. The van der Waals surface area contributed by atoms with Gasteiger partial charge in [0.15, 0.2) is 11.5 Å². The molecule has 1 saturated heterocycles. The quantitative estimate of drug-likeness (QED) is 0.140. The van der Waals surface area contributed by atoms with Crippen LogP contribution in [0.1, 0.15) is 34.1 Å². The minimum Gasteiger partial charge on any atom is -0.493 e. The summed E-state index contributed by atoms with van der Waals surface area (Å²) in [6.07, 6.45) is 10.1.